The number of nitrogens with one attached hydrogen (secondary N) is 2. The number of Topliss-reactive ketones (excluding diaryl/α,β-unsaturated/α-hetero) is 1. The van der Waals surface area contributed by atoms with Gasteiger partial charge in [-0.3, -0.25) is 9.59 Å². The molecular formula is C8H9N3O4. The van der Waals surface area contributed by atoms with Gasteiger partial charge in [0.05, 0.1) is 10.3 Å². The molecule has 1 unspecified atom stereocenters. The van der Waals surface area contributed by atoms with Crippen molar-refractivity contribution in [2.45, 2.75) is 25.3 Å². The van der Waals surface area contributed by atoms with E-state index in [1.807, 2.05) is 0 Å². The maximum absolute atomic E-state index is 11.2. The molecule has 1 atom stereocenters. The predicted octanol–water partition coefficient (Wildman–Crippen LogP) is -2.35. The van der Waals surface area contributed by atoms with Gasteiger partial charge in [-0.15, -0.1) is 0 Å². The molecule has 80 valence electrons. The van der Waals surface area contributed by atoms with E-state index in [0.717, 1.165) is 0 Å². The summed E-state index contributed by atoms with van der Waals surface area (Å²) in [5.41, 5.74) is 5.60. The normalized spacial score (nSPS) is 18.4. The van der Waals surface area contributed by atoms with Crippen LogP contribution in [-0.2, 0) is 14.4 Å². The summed E-state index contributed by atoms with van der Waals surface area (Å²) in [5.74, 6) is -2.57. The quantitative estimate of drug-likeness (QED) is 0.174. The third-order valence-corrected chi connectivity index (χ3v) is 2.09. The molecule has 0 radical (unpaired) electrons. The van der Waals surface area contributed by atoms with Crippen molar-refractivity contribution in [3.05, 3.63) is 0 Å². The molecule has 0 bridgehead atoms. The lowest BCUT2D eigenvalue weighted by Gasteiger charge is -2.26. The average Bonchev–Trinajstić information content (AvgIpc) is 2.11. The van der Waals surface area contributed by atoms with Gasteiger partial charge in [0, 0.05) is 18.9 Å². The minimum absolute atomic E-state index is 0.0589. The van der Waals surface area contributed by atoms with Crippen LogP contribution in [0.15, 0.2) is 0 Å². The molecule has 1 heterocycles. The average molecular weight is 211 g/mol. The largest absolute Gasteiger partial charge is 0.538 e. The van der Waals surface area contributed by atoms with Gasteiger partial charge in [-0.25, -0.2) is 0 Å². The minimum atomic E-state index is -1.74. The highest BCUT2D eigenvalue weighted by atomic mass is 16.4. The fourth-order valence-electron chi connectivity index (χ4n) is 1.25. The smallest absolute Gasteiger partial charge is 0.429 e. The predicted molar refractivity (Wildman–Crippen MR) is 43.8 cm³/mol. The molecule has 0 saturated carbocycles. The van der Waals surface area contributed by atoms with Gasteiger partial charge in [-0.05, 0) is 6.42 Å². The lowest BCUT2D eigenvalue weighted by atomic mass is 9.98. The second-order valence-electron chi connectivity index (χ2n) is 3.18. The molecule has 0 aromatic heterocycles. The number of aliphatic carboxylic acids is 1. The summed E-state index contributed by atoms with van der Waals surface area (Å²) in [6, 6.07) is -0.0739. The highest BCUT2D eigenvalue weighted by Crippen LogP contribution is 2.10. The van der Waals surface area contributed by atoms with Gasteiger partial charge in [0.25, 0.3) is 5.78 Å². The van der Waals surface area contributed by atoms with Crippen molar-refractivity contribution in [1.29, 1.82) is 5.53 Å². The summed E-state index contributed by atoms with van der Waals surface area (Å²) in [6.45, 7) is 0. The fourth-order valence-corrected chi connectivity index (χ4v) is 1.25. The number of hydrogen-bond acceptors (Lipinski definition) is 5. The number of nitrogens with zero attached hydrogens (tertiary/aromatic N) is 1. The summed E-state index contributed by atoms with van der Waals surface area (Å²) in [4.78, 5) is 34.5. The first-order chi connectivity index (χ1) is 7.04. The van der Waals surface area contributed by atoms with Gasteiger partial charge in [0.1, 0.15) is 0 Å². The Hall–Kier alpha value is -2.01. The first kappa shape index (κ1) is 11.1. The number of carboxylic acid groups (broad SMARTS) is 1. The highest BCUT2D eigenvalue weighted by molar-refractivity contribution is 6.61. The third-order valence-electron chi connectivity index (χ3n) is 2.09. The molecule has 0 aliphatic carbocycles. The number of hydrogen-bond donors (Lipinski definition) is 2. The summed E-state index contributed by atoms with van der Waals surface area (Å²) >= 11 is 0. The Kier molecular flexibility index (Phi) is 3.30. The molecule has 7 heteroatoms. The van der Waals surface area contributed by atoms with E-state index >= 15 is 0 Å². The summed E-state index contributed by atoms with van der Waals surface area (Å²) in [6.07, 6.45) is 0.652. The molecule has 0 aromatic carbocycles. The Morgan fingerprint density at radius 1 is 1.60 bits per heavy atom. The van der Waals surface area contributed by atoms with Crippen LogP contribution in [0.2, 0.25) is 0 Å². The molecule has 1 rings (SSSR count). The second kappa shape index (κ2) is 4.47. The number of carbonyl (C=O) groups is 3. The molecule has 2 N–H and O–H groups in total. The van der Waals surface area contributed by atoms with Gasteiger partial charge in [0.15, 0.2) is 5.97 Å². The Balaban J connectivity index is 2.39. The van der Waals surface area contributed by atoms with E-state index in [4.69, 9.17) is 5.53 Å². The van der Waals surface area contributed by atoms with Crippen LogP contribution in [0.4, 0.5) is 0 Å². The molecule has 15 heavy (non-hydrogen) atoms. The number of rotatable bonds is 5. The van der Waals surface area contributed by atoms with Crippen LogP contribution in [0.25, 0.3) is 0 Å². The Morgan fingerprint density at radius 3 is 2.60 bits per heavy atom. The van der Waals surface area contributed by atoms with Gasteiger partial charge in [-0.2, -0.15) is 0 Å². The van der Waals surface area contributed by atoms with Gasteiger partial charge in [0.2, 0.25) is 5.91 Å². The van der Waals surface area contributed by atoms with Crippen molar-refractivity contribution in [2.24, 2.45) is 0 Å². The second-order valence-corrected chi connectivity index (χ2v) is 3.18. The zero-order valence-corrected chi connectivity index (χ0v) is 7.78. The third kappa shape index (κ3) is 2.72. The molecule has 1 fully saturated rings. The van der Waals surface area contributed by atoms with Crippen molar-refractivity contribution < 1.29 is 24.3 Å². The van der Waals surface area contributed by atoms with Gasteiger partial charge >= 0.3 is 5.71 Å². The zero-order chi connectivity index (χ0) is 11.4. The molecular weight excluding hydrogens is 202 g/mol. The summed E-state index contributed by atoms with van der Waals surface area (Å²) in [7, 11) is 0. The van der Waals surface area contributed by atoms with E-state index in [0.29, 0.717) is 12.8 Å². The maximum Gasteiger partial charge on any atom is 0.429 e. The summed E-state index contributed by atoms with van der Waals surface area (Å²) < 4.78 is 0. The standard InChI is InChI=1S/C8H9N3O4/c9-11-7(8(14)15)5(12)2-1-4-3-6(13)10-4/h4,9H,1-3H2,(H-,10,13,14,15). The zero-order valence-electron chi connectivity index (χ0n) is 7.78. The highest BCUT2D eigenvalue weighted by Gasteiger charge is 2.29. The number of β-lactam (4-membered cyclic amide) rings is 1. The molecule has 7 nitrogen and oxygen atoms in total. The SMILES string of the molecule is N=[N+]=C(C(=O)[O-])C(=O)CCC1CC(=O)N1. The van der Waals surface area contributed by atoms with E-state index in [2.05, 4.69) is 10.1 Å². The number of ketones is 1. The fraction of sp³-hybridized carbons (Fsp3) is 0.500. The maximum atomic E-state index is 11.2. The molecule has 1 aliphatic heterocycles. The first-order valence-corrected chi connectivity index (χ1v) is 4.33. The lowest BCUT2D eigenvalue weighted by Crippen LogP contribution is -2.48. The van der Waals surface area contributed by atoms with Crippen molar-refractivity contribution in [3.8, 4) is 0 Å². The molecule has 0 spiro atoms. The van der Waals surface area contributed by atoms with E-state index < -0.39 is 17.5 Å². The van der Waals surface area contributed by atoms with E-state index in [-0.39, 0.29) is 18.4 Å². The number of amides is 1. The number of carboxylic acids is 1. The monoisotopic (exact) mass is 211 g/mol. The van der Waals surface area contributed by atoms with Crippen LogP contribution in [0.3, 0.4) is 0 Å². The molecule has 1 saturated heterocycles. The van der Waals surface area contributed by atoms with E-state index in [1.54, 1.807) is 0 Å². The molecule has 1 aliphatic rings. The molecule has 1 amide bonds. The topological polar surface area (TPSA) is 124 Å². The van der Waals surface area contributed by atoms with Crippen LogP contribution < -0.4 is 10.4 Å². The Morgan fingerprint density at radius 2 is 2.20 bits per heavy atom. The van der Waals surface area contributed by atoms with Gasteiger partial charge < -0.3 is 15.2 Å². The number of carbonyl (C=O) groups excluding carboxylic acids is 3. The first-order valence-electron chi connectivity index (χ1n) is 4.33. The van der Waals surface area contributed by atoms with Crippen LogP contribution in [0, 0.1) is 5.53 Å². The molecule has 0 aromatic rings. The van der Waals surface area contributed by atoms with Crippen LogP contribution in [0.1, 0.15) is 19.3 Å². The van der Waals surface area contributed by atoms with Crippen molar-refractivity contribution >= 4 is 23.4 Å². The van der Waals surface area contributed by atoms with E-state index in [1.165, 1.54) is 0 Å². The van der Waals surface area contributed by atoms with Gasteiger partial charge in [-0.1, -0.05) is 0 Å². The van der Waals surface area contributed by atoms with E-state index in [9.17, 15) is 19.5 Å². The van der Waals surface area contributed by atoms with Crippen molar-refractivity contribution in [2.75, 3.05) is 0 Å². The van der Waals surface area contributed by atoms with Crippen molar-refractivity contribution in [1.82, 2.24) is 5.32 Å². The Labute approximate surface area is 84.7 Å². The van der Waals surface area contributed by atoms with Crippen LogP contribution in [0.5, 0.6) is 0 Å². The van der Waals surface area contributed by atoms with Crippen LogP contribution >= 0.6 is 0 Å². The Bertz CT molecular complexity index is 362. The summed E-state index contributed by atoms with van der Waals surface area (Å²) in [5, 5.41) is 12.8. The minimum Gasteiger partial charge on any atom is -0.538 e. The lowest BCUT2D eigenvalue weighted by molar-refractivity contribution is -0.298. The van der Waals surface area contributed by atoms with Crippen molar-refractivity contribution in [3.63, 3.8) is 0 Å². The van der Waals surface area contributed by atoms with Crippen LogP contribution in [-0.4, -0.2) is 34.2 Å².